The van der Waals surface area contributed by atoms with Gasteiger partial charge in [0.05, 0.1) is 17.6 Å². The summed E-state index contributed by atoms with van der Waals surface area (Å²) in [5, 5.41) is 4.07. The van der Waals surface area contributed by atoms with Crippen molar-refractivity contribution in [2.45, 2.75) is 56.0 Å². The minimum absolute atomic E-state index is 0.153. The zero-order valence-corrected chi connectivity index (χ0v) is 18.3. The van der Waals surface area contributed by atoms with Gasteiger partial charge in [0.2, 0.25) is 0 Å². The lowest BCUT2D eigenvalue weighted by atomic mass is 9.88. The Kier molecular flexibility index (Phi) is 6.70. The summed E-state index contributed by atoms with van der Waals surface area (Å²) in [5.41, 5.74) is 2.81. The number of ether oxygens (including phenoxy) is 1. The van der Waals surface area contributed by atoms with Crippen LogP contribution in [0.3, 0.4) is 0 Å². The van der Waals surface area contributed by atoms with E-state index in [1.54, 1.807) is 7.11 Å². The number of rotatable bonds is 6. The van der Waals surface area contributed by atoms with E-state index in [2.05, 4.69) is 77.6 Å². The minimum atomic E-state index is 0.153. The summed E-state index contributed by atoms with van der Waals surface area (Å²) in [6, 6.07) is 15.4. The van der Waals surface area contributed by atoms with Crippen molar-refractivity contribution in [3.05, 3.63) is 58.1 Å². The maximum absolute atomic E-state index is 5.56. The van der Waals surface area contributed by atoms with Gasteiger partial charge in [0.15, 0.2) is 0 Å². The molecule has 140 valence electrons. The van der Waals surface area contributed by atoms with Gasteiger partial charge < -0.3 is 4.74 Å². The Morgan fingerprint density at radius 2 is 2.00 bits per heavy atom. The van der Waals surface area contributed by atoms with Crippen LogP contribution < -0.4 is 10.1 Å². The molecule has 2 atom stereocenters. The van der Waals surface area contributed by atoms with E-state index in [0.717, 1.165) is 22.4 Å². The SMILES string of the molecule is CCCC[C@]1(CC)CSc2cc(OC)c(Br)cc2[C@@H](c2ccccc2)N1. The van der Waals surface area contributed by atoms with E-state index in [0.29, 0.717) is 0 Å². The highest BCUT2D eigenvalue weighted by molar-refractivity contribution is 9.10. The molecule has 0 fully saturated rings. The largest absolute Gasteiger partial charge is 0.496 e. The molecule has 1 aliphatic rings. The van der Waals surface area contributed by atoms with Gasteiger partial charge in [0.1, 0.15) is 5.75 Å². The molecule has 2 aromatic rings. The Morgan fingerprint density at radius 3 is 2.65 bits per heavy atom. The van der Waals surface area contributed by atoms with Crippen LogP contribution in [0.1, 0.15) is 56.7 Å². The zero-order chi connectivity index (χ0) is 18.6. The first kappa shape index (κ1) is 19.8. The molecular weight excluding hydrogens is 406 g/mol. The third-order valence-corrected chi connectivity index (χ3v) is 7.35. The number of unbranched alkanes of at least 4 members (excludes halogenated alkanes) is 1. The Morgan fingerprint density at radius 1 is 1.23 bits per heavy atom. The molecule has 0 saturated carbocycles. The fourth-order valence-corrected chi connectivity index (χ4v) is 5.57. The van der Waals surface area contributed by atoms with Crippen molar-refractivity contribution >= 4 is 27.7 Å². The van der Waals surface area contributed by atoms with Gasteiger partial charge in [-0.1, -0.05) is 57.0 Å². The van der Waals surface area contributed by atoms with Crippen LogP contribution in [0.15, 0.2) is 51.8 Å². The Hall–Kier alpha value is -0.970. The van der Waals surface area contributed by atoms with Crippen LogP contribution in [-0.2, 0) is 0 Å². The fourth-order valence-electron chi connectivity index (χ4n) is 3.65. The summed E-state index contributed by atoms with van der Waals surface area (Å²) in [5.74, 6) is 1.99. The first-order valence-corrected chi connectivity index (χ1v) is 11.2. The first-order chi connectivity index (χ1) is 12.6. The zero-order valence-electron chi connectivity index (χ0n) is 15.8. The standard InChI is InChI=1S/C22H28BrNOS/c1-4-6-12-22(5-2)15-26-20-14-19(25-3)18(23)13-17(20)21(24-22)16-10-8-7-9-11-16/h7-11,13-14,21,24H,4-6,12,15H2,1-3H3/t21-,22-/m1/s1. The summed E-state index contributed by atoms with van der Waals surface area (Å²) >= 11 is 5.65. The third kappa shape index (κ3) is 4.13. The van der Waals surface area contributed by atoms with Crippen LogP contribution >= 0.6 is 27.7 Å². The van der Waals surface area contributed by atoms with Crippen molar-refractivity contribution in [3.8, 4) is 5.75 Å². The normalized spacial score (nSPS) is 22.5. The fraction of sp³-hybridized carbons (Fsp3) is 0.455. The van der Waals surface area contributed by atoms with Crippen molar-refractivity contribution in [1.29, 1.82) is 0 Å². The molecule has 0 saturated heterocycles. The molecule has 0 amide bonds. The lowest BCUT2D eigenvalue weighted by molar-refractivity contribution is 0.297. The van der Waals surface area contributed by atoms with Gasteiger partial charge in [-0.3, -0.25) is 5.32 Å². The maximum Gasteiger partial charge on any atom is 0.134 e. The van der Waals surface area contributed by atoms with Crippen LogP contribution in [0.5, 0.6) is 5.75 Å². The monoisotopic (exact) mass is 433 g/mol. The van der Waals surface area contributed by atoms with Crippen molar-refractivity contribution < 1.29 is 4.74 Å². The Labute approximate surface area is 170 Å². The summed E-state index contributed by atoms with van der Waals surface area (Å²) in [6.45, 7) is 4.59. The van der Waals surface area contributed by atoms with E-state index in [9.17, 15) is 0 Å². The van der Waals surface area contributed by atoms with Gasteiger partial charge in [-0.25, -0.2) is 0 Å². The molecule has 1 heterocycles. The molecule has 0 aliphatic carbocycles. The van der Waals surface area contributed by atoms with Crippen LogP contribution in [0.4, 0.5) is 0 Å². The van der Waals surface area contributed by atoms with Crippen LogP contribution in [-0.4, -0.2) is 18.4 Å². The number of methoxy groups -OCH3 is 1. The predicted molar refractivity (Wildman–Crippen MR) is 115 cm³/mol. The number of halogens is 1. The molecule has 0 bridgehead atoms. The van der Waals surface area contributed by atoms with E-state index in [-0.39, 0.29) is 11.6 Å². The average Bonchev–Trinajstić information content (AvgIpc) is 2.84. The van der Waals surface area contributed by atoms with Gasteiger partial charge in [-0.2, -0.15) is 0 Å². The smallest absolute Gasteiger partial charge is 0.134 e. The highest BCUT2D eigenvalue weighted by atomic mass is 79.9. The van der Waals surface area contributed by atoms with Gasteiger partial charge in [0, 0.05) is 16.2 Å². The molecule has 3 rings (SSSR count). The molecule has 2 nitrogen and oxygen atoms in total. The second-order valence-electron chi connectivity index (χ2n) is 7.04. The van der Waals surface area contributed by atoms with Crippen molar-refractivity contribution in [3.63, 3.8) is 0 Å². The first-order valence-electron chi connectivity index (χ1n) is 9.45. The molecule has 26 heavy (non-hydrogen) atoms. The molecule has 0 spiro atoms. The number of thioether (sulfide) groups is 1. The highest BCUT2D eigenvalue weighted by Gasteiger charge is 2.35. The van der Waals surface area contributed by atoms with Gasteiger partial charge in [-0.15, -0.1) is 11.8 Å². The van der Waals surface area contributed by atoms with Crippen LogP contribution in [0.25, 0.3) is 0 Å². The number of hydrogen-bond acceptors (Lipinski definition) is 3. The summed E-state index contributed by atoms with van der Waals surface area (Å²) < 4.78 is 6.57. The molecule has 0 unspecified atom stereocenters. The highest BCUT2D eigenvalue weighted by Crippen LogP contribution is 2.44. The summed E-state index contributed by atoms with van der Waals surface area (Å²) in [4.78, 5) is 1.32. The molecule has 0 radical (unpaired) electrons. The van der Waals surface area contributed by atoms with Gasteiger partial charge in [-0.05, 0) is 52.0 Å². The number of nitrogens with one attached hydrogen (secondary N) is 1. The van der Waals surface area contributed by atoms with E-state index < -0.39 is 0 Å². The third-order valence-electron chi connectivity index (χ3n) is 5.37. The number of fused-ring (bicyclic) bond motifs is 1. The minimum Gasteiger partial charge on any atom is -0.496 e. The van der Waals surface area contributed by atoms with Crippen molar-refractivity contribution in [1.82, 2.24) is 5.32 Å². The van der Waals surface area contributed by atoms with E-state index in [4.69, 9.17) is 4.74 Å². The maximum atomic E-state index is 5.56. The van der Waals surface area contributed by atoms with Crippen LogP contribution in [0, 0.1) is 0 Å². The lowest BCUT2D eigenvalue weighted by Gasteiger charge is -2.36. The van der Waals surface area contributed by atoms with Gasteiger partial charge in [0.25, 0.3) is 0 Å². The second-order valence-corrected chi connectivity index (χ2v) is 8.91. The van der Waals surface area contributed by atoms with E-state index in [1.807, 2.05) is 11.8 Å². The Bertz CT molecular complexity index is 736. The van der Waals surface area contributed by atoms with Crippen LogP contribution in [0.2, 0.25) is 0 Å². The molecule has 2 aromatic carbocycles. The Balaban J connectivity index is 2.09. The molecular formula is C22H28BrNOS. The second kappa shape index (κ2) is 8.81. The summed E-state index contributed by atoms with van der Waals surface area (Å²) in [7, 11) is 1.73. The van der Waals surface area contributed by atoms with E-state index >= 15 is 0 Å². The molecule has 1 aliphatic heterocycles. The average molecular weight is 434 g/mol. The number of hydrogen-bond donors (Lipinski definition) is 1. The molecule has 4 heteroatoms. The molecule has 0 aromatic heterocycles. The quantitative estimate of drug-likeness (QED) is 0.555. The topological polar surface area (TPSA) is 21.3 Å². The van der Waals surface area contributed by atoms with E-state index in [1.165, 1.54) is 35.3 Å². The van der Waals surface area contributed by atoms with Gasteiger partial charge >= 0.3 is 0 Å². The van der Waals surface area contributed by atoms with Crippen molar-refractivity contribution in [2.24, 2.45) is 0 Å². The predicted octanol–water partition coefficient (Wildman–Crippen LogP) is 6.58. The lowest BCUT2D eigenvalue weighted by Crippen LogP contribution is -2.48. The summed E-state index contributed by atoms with van der Waals surface area (Å²) in [6.07, 6.45) is 4.83. The molecule has 1 N–H and O–H groups in total. The number of benzene rings is 2. The van der Waals surface area contributed by atoms with Crippen molar-refractivity contribution in [2.75, 3.05) is 12.9 Å².